The van der Waals surface area contributed by atoms with Gasteiger partial charge in [-0.25, -0.2) is 0 Å². The normalized spacial score (nSPS) is 12.5. The summed E-state index contributed by atoms with van der Waals surface area (Å²) in [4.78, 5) is 24.4. The summed E-state index contributed by atoms with van der Waals surface area (Å²) < 4.78 is 0. The van der Waals surface area contributed by atoms with E-state index in [1.165, 1.54) is 0 Å². The molecular weight excluding hydrogens is 178 g/mol. The highest BCUT2D eigenvalue weighted by molar-refractivity contribution is 5.70. The molecule has 0 saturated carbocycles. The highest BCUT2D eigenvalue weighted by Gasteiger charge is 2.21. The van der Waals surface area contributed by atoms with Crippen LogP contribution in [-0.2, 0) is 9.63 Å². The average Bonchev–Trinajstić information content (AvgIpc) is 1.95. The number of carboxylic acids is 1. The number of hydrogen-bond acceptors (Lipinski definition) is 4. The molecule has 0 amide bonds. The monoisotopic (exact) mass is 191 g/mol. The summed E-state index contributed by atoms with van der Waals surface area (Å²) in [5.74, 6) is -1.57. The van der Waals surface area contributed by atoms with Crippen LogP contribution in [0.15, 0.2) is 0 Å². The number of nitrogens with zero attached hydrogens (tertiary/aromatic N) is 1. The van der Waals surface area contributed by atoms with Gasteiger partial charge in [0, 0.05) is 0 Å². The van der Waals surface area contributed by atoms with Crippen LogP contribution in [0.5, 0.6) is 0 Å². The zero-order valence-corrected chi connectivity index (χ0v) is 7.60. The molecule has 0 aromatic rings. The Morgan fingerprint density at radius 2 is 2.15 bits per heavy atom. The minimum atomic E-state index is -0.943. The summed E-state index contributed by atoms with van der Waals surface area (Å²) in [5, 5.41) is 17.5. The lowest BCUT2D eigenvalue weighted by molar-refractivity contribution is -0.758. The van der Waals surface area contributed by atoms with Crippen LogP contribution >= 0.6 is 0 Å². The van der Waals surface area contributed by atoms with Crippen LogP contribution < -0.4 is 0 Å². The zero-order valence-electron chi connectivity index (χ0n) is 7.60. The predicted molar refractivity (Wildman–Crippen MR) is 43.5 cm³/mol. The molecule has 0 aliphatic rings. The highest BCUT2D eigenvalue weighted by Crippen LogP contribution is 2.15. The molecule has 1 unspecified atom stereocenters. The molecule has 6 nitrogen and oxygen atoms in total. The quantitative estimate of drug-likeness (QED) is 0.498. The van der Waals surface area contributed by atoms with Crippen molar-refractivity contribution in [2.75, 3.05) is 6.61 Å². The van der Waals surface area contributed by atoms with Gasteiger partial charge in [-0.1, -0.05) is 13.8 Å². The lowest BCUT2D eigenvalue weighted by atomic mass is 9.93. The van der Waals surface area contributed by atoms with E-state index in [2.05, 4.69) is 4.84 Å². The first-order chi connectivity index (χ1) is 5.95. The molecular formula is C7H13NO5. The Hall–Kier alpha value is -1.33. The van der Waals surface area contributed by atoms with Gasteiger partial charge in [-0.05, 0) is 12.3 Å². The summed E-state index contributed by atoms with van der Waals surface area (Å²) in [6.07, 6.45) is 0.161. The van der Waals surface area contributed by atoms with Gasteiger partial charge in [-0.15, -0.1) is 10.1 Å². The summed E-state index contributed by atoms with van der Waals surface area (Å²) >= 11 is 0. The first-order valence-corrected chi connectivity index (χ1v) is 3.95. The van der Waals surface area contributed by atoms with Gasteiger partial charge in [-0.3, -0.25) is 4.79 Å². The predicted octanol–water partition coefficient (Wildman–Crippen LogP) is 0.942. The molecule has 0 radical (unpaired) electrons. The molecule has 0 spiro atoms. The van der Waals surface area contributed by atoms with Crippen molar-refractivity contribution in [2.45, 2.75) is 20.3 Å². The van der Waals surface area contributed by atoms with Crippen molar-refractivity contribution < 1.29 is 19.8 Å². The molecule has 1 N–H and O–H groups in total. The van der Waals surface area contributed by atoms with Crippen molar-refractivity contribution in [2.24, 2.45) is 11.8 Å². The fraction of sp³-hybridized carbons (Fsp3) is 0.857. The number of hydrogen-bond donors (Lipinski definition) is 1. The number of carboxylic acid groups (broad SMARTS) is 1. The molecule has 6 heteroatoms. The first-order valence-electron chi connectivity index (χ1n) is 3.95. The third kappa shape index (κ3) is 5.00. The standard InChI is InChI=1S/C7H13NO5/c1-5(2)6(7(9)10)3-4-13-8(11)12/h5-6H,3-4H2,1-2H3,(H,9,10). The molecule has 0 bridgehead atoms. The topological polar surface area (TPSA) is 89.7 Å². The molecule has 1 atom stereocenters. The summed E-state index contributed by atoms with van der Waals surface area (Å²) in [6.45, 7) is 3.35. The third-order valence-electron chi connectivity index (χ3n) is 1.75. The number of carbonyl (C=O) groups is 1. The Morgan fingerprint density at radius 1 is 1.62 bits per heavy atom. The van der Waals surface area contributed by atoms with Crippen molar-refractivity contribution in [3.63, 3.8) is 0 Å². The molecule has 0 aliphatic heterocycles. The first kappa shape index (κ1) is 11.7. The van der Waals surface area contributed by atoms with Gasteiger partial charge >= 0.3 is 5.97 Å². The van der Waals surface area contributed by atoms with Gasteiger partial charge < -0.3 is 9.94 Å². The molecule has 0 rings (SSSR count). The number of aliphatic carboxylic acids is 1. The van der Waals surface area contributed by atoms with Gasteiger partial charge in [0.25, 0.3) is 5.09 Å². The van der Waals surface area contributed by atoms with Gasteiger partial charge in [0.1, 0.15) is 0 Å². The summed E-state index contributed by atoms with van der Waals surface area (Å²) in [5.41, 5.74) is 0. The van der Waals surface area contributed by atoms with Crippen molar-refractivity contribution in [3.05, 3.63) is 10.1 Å². The van der Waals surface area contributed by atoms with E-state index in [0.29, 0.717) is 0 Å². The maximum atomic E-state index is 10.6. The Labute approximate surface area is 75.6 Å². The van der Waals surface area contributed by atoms with E-state index in [-0.39, 0.29) is 18.9 Å². The van der Waals surface area contributed by atoms with Crippen LogP contribution in [0.2, 0.25) is 0 Å². The Balaban J connectivity index is 3.84. The highest BCUT2D eigenvalue weighted by atomic mass is 16.9. The lowest BCUT2D eigenvalue weighted by Gasteiger charge is -2.14. The van der Waals surface area contributed by atoms with E-state index in [0.717, 1.165) is 0 Å². The fourth-order valence-corrected chi connectivity index (χ4v) is 0.996. The average molecular weight is 191 g/mol. The summed E-state index contributed by atoms with van der Waals surface area (Å²) in [6, 6.07) is 0. The number of rotatable bonds is 6. The zero-order chi connectivity index (χ0) is 10.4. The van der Waals surface area contributed by atoms with E-state index in [1.54, 1.807) is 13.8 Å². The smallest absolute Gasteiger partial charge is 0.306 e. The third-order valence-corrected chi connectivity index (χ3v) is 1.75. The van der Waals surface area contributed by atoms with Crippen molar-refractivity contribution in [1.29, 1.82) is 0 Å². The minimum Gasteiger partial charge on any atom is -0.481 e. The van der Waals surface area contributed by atoms with E-state index >= 15 is 0 Å². The van der Waals surface area contributed by atoms with Crippen LogP contribution in [-0.4, -0.2) is 22.8 Å². The van der Waals surface area contributed by atoms with E-state index in [4.69, 9.17) is 5.11 Å². The molecule has 0 heterocycles. The molecule has 0 fully saturated rings. The minimum absolute atomic E-state index is 0.0483. The van der Waals surface area contributed by atoms with Crippen molar-refractivity contribution in [3.8, 4) is 0 Å². The molecule has 0 aromatic carbocycles. The second-order valence-corrected chi connectivity index (χ2v) is 3.03. The molecule has 0 aromatic heterocycles. The second-order valence-electron chi connectivity index (χ2n) is 3.03. The SMILES string of the molecule is CC(C)C(CCO[N+](=O)[O-])C(=O)O. The van der Waals surface area contributed by atoms with Crippen LogP contribution in [0.25, 0.3) is 0 Å². The maximum Gasteiger partial charge on any atom is 0.306 e. The maximum absolute atomic E-state index is 10.6. The Kier molecular flexibility index (Phi) is 4.79. The fourth-order valence-electron chi connectivity index (χ4n) is 0.996. The van der Waals surface area contributed by atoms with Gasteiger partial charge in [-0.2, -0.15) is 0 Å². The van der Waals surface area contributed by atoms with Crippen LogP contribution in [0.1, 0.15) is 20.3 Å². The largest absolute Gasteiger partial charge is 0.481 e. The van der Waals surface area contributed by atoms with Gasteiger partial charge in [0.15, 0.2) is 0 Å². The molecule has 0 aliphatic carbocycles. The van der Waals surface area contributed by atoms with E-state index in [9.17, 15) is 14.9 Å². The molecule has 13 heavy (non-hydrogen) atoms. The van der Waals surface area contributed by atoms with E-state index in [1.807, 2.05) is 0 Å². The van der Waals surface area contributed by atoms with Crippen LogP contribution in [0.3, 0.4) is 0 Å². The molecule has 0 saturated heterocycles. The van der Waals surface area contributed by atoms with Crippen molar-refractivity contribution >= 4 is 5.97 Å². The Bertz CT molecular complexity index is 191. The van der Waals surface area contributed by atoms with Crippen molar-refractivity contribution in [1.82, 2.24) is 0 Å². The molecule has 76 valence electrons. The van der Waals surface area contributed by atoms with Gasteiger partial charge in [0.2, 0.25) is 0 Å². The van der Waals surface area contributed by atoms with Crippen LogP contribution in [0, 0.1) is 22.0 Å². The Morgan fingerprint density at radius 3 is 2.46 bits per heavy atom. The van der Waals surface area contributed by atoms with Crippen LogP contribution in [0.4, 0.5) is 0 Å². The second kappa shape index (κ2) is 5.34. The van der Waals surface area contributed by atoms with E-state index < -0.39 is 17.0 Å². The lowest BCUT2D eigenvalue weighted by Crippen LogP contribution is -2.22. The summed E-state index contributed by atoms with van der Waals surface area (Å²) in [7, 11) is 0. The van der Waals surface area contributed by atoms with Gasteiger partial charge in [0.05, 0.1) is 12.5 Å².